The van der Waals surface area contributed by atoms with Crippen LogP contribution in [-0.4, -0.2) is 29.9 Å². The van der Waals surface area contributed by atoms with Crippen LogP contribution in [0.4, 0.5) is 0 Å². The molecule has 0 bridgehead atoms. The Morgan fingerprint density at radius 1 is 1.40 bits per heavy atom. The SMILES string of the molecule is CCCc1nc(Cn2nnn(-c3cccs3)c2=O)no1. The summed E-state index contributed by atoms with van der Waals surface area (Å²) in [7, 11) is 0. The number of rotatable bonds is 5. The number of hydrogen-bond acceptors (Lipinski definition) is 7. The number of hydrogen-bond donors (Lipinski definition) is 0. The molecule has 104 valence electrons. The molecule has 0 N–H and O–H groups in total. The molecule has 0 saturated carbocycles. The Morgan fingerprint density at radius 2 is 2.30 bits per heavy atom. The van der Waals surface area contributed by atoms with Crippen LogP contribution in [0.15, 0.2) is 26.8 Å². The second-order valence-electron chi connectivity index (χ2n) is 4.14. The smallest absolute Gasteiger partial charge is 0.339 e. The first-order valence-electron chi connectivity index (χ1n) is 6.16. The Kier molecular flexibility index (Phi) is 3.42. The van der Waals surface area contributed by atoms with Crippen molar-refractivity contribution in [2.45, 2.75) is 26.3 Å². The maximum absolute atomic E-state index is 12.1. The van der Waals surface area contributed by atoms with Crippen LogP contribution < -0.4 is 5.69 Å². The highest BCUT2D eigenvalue weighted by Crippen LogP contribution is 2.10. The summed E-state index contributed by atoms with van der Waals surface area (Å²) in [6.07, 6.45) is 1.65. The Labute approximate surface area is 117 Å². The van der Waals surface area contributed by atoms with Gasteiger partial charge in [0.2, 0.25) is 5.89 Å². The van der Waals surface area contributed by atoms with Crippen LogP contribution in [-0.2, 0) is 13.0 Å². The quantitative estimate of drug-likeness (QED) is 0.693. The fourth-order valence-electron chi connectivity index (χ4n) is 1.71. The number of nitrogens with zero attached hydrogens (tertiary/aromatic N) is 6. The number of aromatic nitrogens is 6. The van der Waals surface area contributed by atoms with E-state index in [1.54, 1.807) is 6.07 Å². The van der Waals surface area contributed by atoms with Gasteiger partial charge in [-0.05, 0) is 34.4 Å². The van der Waals surface area contributed by atoms with Gasteiger partial charge in [-0.1, -0.05) is 12.1 Å². The third-order valence-corrected chi connectivity index (χ3v) is 3.46. The summed E-state index contributed by atoms with van der Waals surface area (Å²) in [5, 5.41) is 14.1. The maximum atomic E-state index is 12.1. The predicted octanol–water partition coefficient (Wildman–Crippen LogP) is 0.874. The average Bonchev–Trinajstić information content (AvgIpc) is 3.14. The van der Waals surface area contributed by atoms with Crippen LogP contribution in [0.1, 0.15) is 25.1 Å². The van der Waals surface area contributed by atoms with Crippen molar-refractivity contribution in [1.82, 2.24) is 29.9 Å². The molecule has 0 aliphatic rings. The molecule has 0 saturated heterocycles. The van der Waals surface area contributed by atoms with Crippen molar-refractivity contribution in [3.8, 4) is 5.00 Å². The second kappa shape index (κ2) is 5.37. The molecular formula is C11H12N6O2S. The van der Waals surface area contributed by atoms with E-state index in [1.807, 2.05) is 18.4 Å². The van der Waals surface area contributed by atoms with Crippen LogP contribution in [0.3, 0.4) is 0 Å². The van der Waals surface area contributed by atoms with Crippen molar-refractivity contribution < 1.29 is 4.52 Å². The molecule has 3 aromatic rings. The van der Waals surface area contributed by atoms with E-state index in [0.717, 1.165) is 17.8 Å². The van der Waals surface area contributed by atoms with Gasteiger partial charge in [0.25, 0.3) is 0 Å². The normalized spacial score (nSPS) is 11.1. The minimum absolute atomic E-state index is 0.150. The summed E-state index contributed by atoms with van der Waals surface area (Å²) in [6.45, 7) is 2.18. The van der Waals surface area contributed by atoms with Gasteiger partial charge < -0.3 is 4.52 Å². The number of aryl methyl sites for hydroxylation is 1. The van der Waals surface area contributed by atoms with E-state index in [4.69, 9.17) is 4.52 Å². The molecule has 3 rings (SSSR count). The first kappa shape index (κ1) is 12.7. The molecule has 20 heavy (non-hydrogen) atoms. The summed E-state index contributed by atoms with van der Waals surface area (Å²) in [4.78, 5) is 16.3. The standard InChI is InChI=1S/C11H12N6O2S/c1-2-4-9-12-8(13-19-9)7-16-11(18)17(15-14-16)10-5-3-6-20-10/h3,5-6H,2,4,7H2,1H3. The molecule has 9 heteroatoms. The van der Waals surface area contributed by atoms with E-state index in [9.17, 15) is 4.79 Å². The summed E-state index contributed by atoms with van der Waals surface area (Å²) in [6, 6.07) is 3.65. The Morgan fingerprint density at radius 3 is 3.05 bits per heavy atom. The first-order valence-corrected chi connectivity index (χ1v) is 7.04. The monoisotopic (exact) mass is 292 g/mol. The Hall–Kier alpha value is -2.29. The topological polar surface area (TPSA) is 91.6 Å². The zero-order valence-electron chi connectivity index (χ0n) is 10.8. The van der Waals surface area contributed by atoms with Gasteiger partial charge in [-0.2, -0.15) is 14.3 Å². The molecule has 3 heterocycles. The molecule has 0 aliphatic heterocycles. The molecule has 0 spiro atoms. The van der Waals surface area contributed by atoms with E-state index in [2.05, 4.69) is 20.6 Å². The molecular weight excluding hydrogens is 280 g/mol. The maximum Gasteiger partial charge on any atom is 0.369 e. The fraction of sp³-hybridized carbons (Fsp3) is 0.364. The van der Waals surface area contributed by atoms with E-state index >= 15 is 0 Å². The van der Waals surface area contributed by atoms with Gasteiger partial charge in [-0.3, -0.25) is 0 Å². The lowest BCUT2D eigenvalue weighted by Gasteiger charge is -1.92. The van der Waals surface area contributed by atoms with Gasteiger partial charge in [0.05, 0.1) is 0 Å². The van der Waals surface area contributed by atoms with Gasteiger partial charge in [0, 0.05) is 6.42 Å². The van der Waals surface area contributed by atoms with Crippen molar-refractivity contribution >= 4 is 11.3 Å². The highest BCUT2D eigenvalue weighted by atomic mass is 32.1. The minimum atomic E-state index is -0.325. The van der Waals surface area contributed by atoms with Gasteiger partial charge in [-0.25, -0.2) is 4.79 Å². The van der Waals surface area contributed by atoms with Crippen molar-refractivity contribution in [2.75, 3.05) is 0 Å². The number of tetrazole rings is 1. The largest absolute Gasteiger partial charge is 0.369 e. The molecule has 3 aromatic heterocycles. The van der Waals surface area contributed by atoms with Gasteiger partial charge in [-0.15, -0.1) is 11.3 Å². The minimum Gasteiger partial charge on any atom is -0.339 e. The van der Waals surface area contributed by atoms with Gasteiger partial charge >= 0.3 is 5.69 Å². The Balaban J connectivity index is 1.83. The molecule has 0 amide bonds. The fourth-order valence-corrected chi connectivity index (χ4v) is 2.37. The Bertz CT molecular complexity index is 741. The second-order valence-corrected chi connectivity index (χ2v) is 5.06. The van der Waals surface area contributed by atoms with Crippen LogP contribution in [0.5, 0.6) is 0 Å². The third kappa shape index (κ3) is 2.39. The van der Waals surface area contributed by atoms with Crippen LogP contribution in [0.25, 0.3) is 5.00 Å². The van der Waals surface area contributed by atoms with E-state index in [1.165, 1.54) is 20.7 Å². The highest BCUT2D eigenvalue weighted by molar-refractivity contribution is 7.12. The molecule has 0 aromatic carbocycles. The zero-order chi connectivity index (χ0) is 13.9. The molecule has 8 nitrogen and oxygen atoms in total. The first-order chi connectivity index (χ1) is 9.78. The summed E-state index contributed by atoms with van der Waals surface area (Å²) in [5.41, 5.74) is -0.325. The molecule has 0 aliphatic carbocycles. The lowest BCUT2D eigenvalue weighted by Crippen LogP contribution is -2.24. The highest BCUT2D eigenvalue weighted by Gasteiger charge is 2.13. The van der Waals surface area contributed by atoms with Gasteiger partial charge in [0.1, 0.15) is 11.5 Å². The molecule has 0 unspecified atom stereocenters. The van der Waals surface area contributed by atoms with Crippen LogP contribution in [0.2, 0.25) is 0 Å². The predicted molar refractivity (Wildman–Crippen MR) is 70.9 cm³/mol. The lowest BCUT2D eigenvalue weighted by molar-refractivity contribution is 0.370. The average molecular weight is 292 g/mol. The van der Waals surface area contributed by atoms with Gasteiger partial charge in [0.15, 0.2) is 5.82 Å². The molecule has 0 atom stereocenters. The summed E-state index contributed by atoms with van der Waals surface area (Å²) >= 11 is 1.42. The van der Waals surface area contributed by atoms with Crippen LogP contribution in [0, 0.1) is 0 Å². The lowest BCUT2D eigenvalue weighted by atomic mass is 10.3. The number of thiophene rings is 1. The summed E-state index contributed by atoms with van der Waals surface area (Å²) in [5.74, 6) is 0.995. The summed E-state index contributed by atoms with van der Waals surface area (Å²) < 4.78 is 7.52. The van der Waals surface area contributed by atoms with E-state index in [0.29, 0.717) is 11.7 Å². The van der Waals surface area contributed by atoms with Crippen molar-refractivity contribution in [1.29, 1.82) is 0 Å². The van der Waals surface area contributed by atoms with Crippen LogP contribution >= 0.6 is 11.3 Å². The zero-order valence-corrected chi connectivity index (χ0v) is 11.6. The van der Waals surface area contributed by atoms with Crippen molar-refractivity contribution in [2.24, 2.45) is 0 Å². The van der Waals surface area contributed by atoms with Crippen molar-refractivity contribution in [3.05, 3.63) is 39.7 Å². The molecule has 0 fully saturated rings. The third-order valence-electron chi connectivity index (χ3n) is 2.62. The van der Waals surface area contributed by atoms with E-state index < -0.39 is 0 Å². The van der Waals surface area contributed by atoms with E-state index in [-0.39, 0.29) is 12.2 Å². The molecule has 0 radical (unpaired) electrons. The van der Waals surface area contributed by atoms with Crippen molar-refractivity contribution in [3.63, 3.8) is 0 Å².